The molecule has 0 N–H and O–H groups in total. The molecule has 3 fully saturated rings. The van der Waals surface area contributed by atoms with Crippen LogP contribution in [0.1, 0.15) is 105 Å². The maximum absolute atomic E-state index is 6.15. The lowest BCUT2D eigenvalue weighted by molar-refractivity contribution is -0.122. The maximum atomic E-state index is 6.15. The summed E-state index contributed by atoms with van der Waals surface area (Å²) in [5.74, 6) is 0.278. The Bertz CT molecular complexity index is 422. The third kappa shape index (κ3) is 2.68. The van der Waals surface area contributed by atoms with Crippen molar-refractivity contribution >= 4 is 0 Å². The predicted molar refractivity (Wildman–Crippen MR) is 95.1 cm³/mol. The molecule has 0 aromatic heterocycles. The van der Waals surface area contributed by atoms with Crippen LogP contribution in [0.3, 0.4) is 0 Å². The van der Waals surface area contributed by atoms with E-state index in [2.05, 4.69) is 34.6 Å². The van der Waals surface area contributed by atoms with Gasteiger partial charge in [0.05, 0.1) is 0 Å². The molecule has 2 heterocycles. The number of ether oxygens (including phenoxy) is 2. The maximum Gasteiger partial charge on any atom is 0.232 e. The lowest BCUT2D eigenvalue weighted by Crippen LogP contribution is -2.48. The van der Waals surface area contributed by atoms with Gasteiger partial charge < -0.3 is 9.47 Å². The highest BCUT2D eigenvalue weighted by atomic mass is 17.0. The minimum Gasteiger partial charge on any atom is -0.307 e. The van der Waals surface area contributed by atoms with Gasteiger partial charge in [-0.1, -0.05) is 86.0 Å². The van der Waals surface area contributed by atoms with Crippen LogP contribution in [-0.4, -0.2) is 11.6 Å². The molecule has 0 spiro atoms. The summed E-state index contributed by atoms with van der Waals surface area (Å²) in [6.07, 6.45) is 14.5. The first kappa shape index (κ1) is 17.7. The van der Waals surface area contributed by atoms with Gasteiger partial charge in [-0.15, -0.1) is 0 Å². The molecule has 2 atom stereocenters. The van der Waals surface area contributed by atoms with Crippen LogP contribution in [0.2, 0.25) is 0 Å². The van der Waals surface area contributed by atoms with E-state index < -0.39 is 0 Å². The van der Waals surface area contributed by atoms with Gasteiger partial charge in [0.15, 0.2) is 0 Å². The van der Waals surface area contributed by atoms with E-state index >= 15 is 0 Å². The van der Waals surface area contributed by atoms with Crippen molar-refractivity contribution in [3.63, 3.8) is 0 Å². The van der Waals surface area contributed by atoms with Gasteiger partial charge in [-0.25, -0.2) is 0 Å². The molecule has 0 bridgehead atoms. The first-order valence-electron chi connectivity index (χ1n) is 10.3. The molecular formula is C21H38O2. The fraction of sp³-hybridized carbons (Fsp3) is 1.00. The monoisotopic (exact) mass is 322 g/mol. The molecule has 23 heavy (non-hydrogen) atoms. The van der Waals surface area contributed by atoms with Crippen LogP contribution < -0.4 is 0 Å². The SMILES string of the molecule is CCCCCCC1C(C)(CCCCCC)C(C)(C)CC23OC12O3. The zero-order valence-corrected chi connectivity index (χ0v) is 16.2. The minimum atomic E-state index is -0.158. The lowest BCUT2D eigenvalue weighted by Gasteiger charge is -2.50. The van der Waals surface area contributed by atoms with Crippen LogP contribution in [0.25, 0.3) is 0 Å². The summed E-state index contributed by atoms with van der Waals surface area (Å²) >= 11 is 0. The number of epoxide rings is 2. The third-order valence-corrected chi connectivity index (χ3v) is 7.43. The molecule has 2 nitrogen and oxygen atoms in total. The zero-order valence-electron chi connectivity index (χ0n) is 16.2. The highest BCUT2D eigenvalue weighted by Gasteiger charge is 2.97. The summed E-state index contributed by atoms with van der Waals surface area (Å²) < 4.78 is 12.3. The molecule has 0 aromatic rings. The molecule has 2 aliphatic heterocycles. The second-order valence-electron chi connectivity index (χ2n) is 9.32. The average Bonchev–Trinajstić information content (AvgIpc) is 3.28. The Hall–Kier alpha value is -0.0800. The highest BCUT2D eigenvalue weighted by molar-refractivity contribution is 5.29. The summed E-state index contributed by atoms with van der Waals surface area (Å²) in [4.78, 5) is 0. The number of hydrogen-bond donors (Lipinski definition) is 0. The van der Waals surface area contributed by atoms with Crippen LogP contribution in [0, 0.1) is 16.7 Å². The van der Waals surface area contributed by atoms with Gasteiger partial charge in [0, 0.05) is 12.3 Å². The summed E-state index contributed by atoms with van der Waals surface area (Å²) in [5.41, 5.74) is 0.661. The van der Waals surface area contributed by atoms with Crippen molar-refractivity contribution in [1.82, 2.24) is 0 Å². The fourth-order valence-corrected chi connectivity index (χ4v) is 5.44. The molecule has 3 aliphatic rings. The van der Waals surface area contributed by atoms with E-state index in [-0.39, 0.29) is 11.6 Å². The molecule has 2 saturated heterocycles. The molecule has 1 aliphatic carbocycles. The number of rotatable bonds is 10. The molecule has 1 saturated carbocycles. The van der Waals surface area contributed by atoms with E-state index in [1.165, 1.54) is 64.2 Å². The van der Waals surface area contributed by atoms with E-state index in [9.17, 15) is 0 Å². The fourth-order valence-electron chi connectivity index (χ4n) is 5.44. The second kappa shape index (κ2) is 6.02. The van der Waals surface area contributed by atoms with Crippen LogP contribution in [-0.2, 0) is 9.47 Å². The van der Waals surface area contributed by atoms with Crippen LogP contribution in [0.4, 0.5) is 0 Å². The molecule has 2 heteroatoms. The van der Waals surface area contributed by atoms with E-state index in [1.54, 1.807) is 0 Å². The van der Waals surface area contributed by atoms with Gasteiger partial charge >= 0.3 is 0 Å². The highest BCUT2D eigenvalue weighted by Crippen LogP contribution is 2.83. The van der Waals surface area contributed by atoms with Crippen LogP contribution >= 0.6 is 0 Å². The summed E-state index contributed by atoms with van der Waals surface area (Å²) in [6.45, 7) is 12.1. The van der Waals surface area contributed by atoms with Gasteiger partial charge in [-0.2, -0.15) is 0 Å². The topological polar surface area (TPSA) is 25.1 Å². The Morgan fingerprint density at radius 2 is 1.43 bits per heavy atom. The van der Waals surface area contributed by atoms with Gasteiger partial charge in [-0.05, 0) is 23.7 Å². The van der Waals surface area contributed by atoms with Crippen molar-refractivity contribution < 1.29 is 9.47 Å². The normalized spacial score (nSPS) is 42.9. The average molecular weight is 323 g/mol. The summed E-state index contributed by atoms with van der Waals surface area (Å²) in [6, 6.07) is 0. The molecule has 3 rings (SSSR count). The van der Waals surface area contributed by atoms with Crippen molar-refractivity contribution in [2.75, 3.05) is 0 Å². The van der Waals surface area contributed by atoms with Crippen LogP contribution in [0.5, 0.6) is 0 Å². The molecule has 134 valence electrons. The van der Waals surface area contributed by atoms with Crippen molar-refractivity contribution in [3.8, 4) is 0 Å². The first-order valence-corrected chi connectivity index (χ1v) is 10.3. The van der Waals surface area contributed by atoms with E-state index in [4.69, 9.17) is 9.47 Å². The number of unbranched alkanes of at least 4 members (excludes halogenated alkanes) is 6. The molecule has 2 unspecified atom stereocenters. The first-order chi connectivity index (χ1) is 10.9. The van der Waals surface area contributed by atoms with Crippen molar-refractivity contribution in [3.05, 3.63) is 0 Å². The molecular weight excluding hydrogens is 284 g/mol. The summed E-state index contributed by atoms with van der Waals surface area (Å²) in [7, 11) is 0. The van der Waals surface area contributed by atoms with Crippen LogP contribution in [0.15, 0.2) is 0 Å². The minimum absolute atomic E-state index is 0.158. The van der Waals surface area contributed by atoms with Crippen molar-refractivity contribution in [2.45, 2.75) is 117 Å². The van der Waals surface area contributed by atoms with E-state index in [0.717, 1.165) is 6.42 Å². The Morgan fingerprint density at radius 1 is 0.826 bits per heavy atom. The Balaban J connectivity index is 1.69. The smallest absolute Gasteiger partial charge is 0.232 e. The quantitative estimate of drug-likeness (QED) is 0.342. The van der Waals surface area contributed by atoms with Gasteiger partial charge in [0.1, 0.15) is 0 Å². The lowest BCUT2D eigenvalue weighted by atomic mass is 9.51. The van der Waals surface area contributed by atoms with Crippen molar-refractivity contribution in [1.29, 1.82) is 0 Å². The van der Waals surface area contributed by atoms with Gasteiger partial charge in [-0.3, -0.25) is 0 Å². The van der Waals surface area contributed by atoms with Crippen molar-refractivity contribution in [2.24, 2.45) is 16.7 Å². The Kier molecular flexibility index (Phi) is 4.64. The van der Waals surface area contributed by atoms with E-state index in [1.807, 2.05) is 0 Å². The Labute approximate surface area is 143 Å². The largest absolute Gasteiger partial charge is 0.307 e. The number of hydrogen-bond acceptors (Lipinski definition) is 2. The second-order valence-corrected chi connectivity index (χ2v) is 9.32. The predicted octanol–water partition coefficient (Wildman–Crippen LogP) is 6.43. The standard InChI is InChI=1S/C21H38O2/c1-6-8-10-12-14-17-19(5,15-13-11-9-7-2)18(3,4)16-20-21(17,22-20)23-20/h17H,6-16H2,1-5H3. The van der Waals surface area contributed by atoms with E-state index in [0.29, 0.717) is 16.7 Å². The summed E-state index contributed by atoms with van der Waals surface area (Å²) in [5, 5.41) is 0. The third-order valence-electron chi connectivity index (χ3n) is 7.43. The van der Waals surface area contributed by atoms with Gasteiger partial charge in [0.2, 0.25) is 11.6 Å². The molecule has 0 amide bonds. The Morgan fingerprint density at radius 3 is 2.04 bits per heavy atom. The van der Waals surface area contributed by atoms with Gasteiger partial charge in [0.25, 0.3) is 0 Å². The molecule has 0 radical (unpaired) electrons. The molecule has 0 aromatic carbocycles. The zero-order chi connectivity index (χ0) is 16.8.